The highest BCUT2D eigenvalue weighted by molar-refractivity contribution is 8.01. The van der Waals surface area contributed by atoms with Crippen molar-refractivity contribution in [3.63, 3.8) is 0 Å². The van der Waals surface area contributed by atoms with Crippen molar-refractivity contribution < 1.29 is 0 Å². The van der Waals surface area contributed by atoms with E-state index >= 15 is 0 Å². The molecular weight excluding hydrogens is 128 g/mol. The maximum absolute atomic E-state index is 2.25. The molecule has 0 heterocycles. The Bertz CT molecular complexity index is 67.0. The predicted octanol–water partition coefficient (Wildman–Crippen LogP) is 3.44. The van der Waals surface area contributed by atoms with Gasteiger partial charge in [0.2, 0.25) is 0 Å². The summed E-state index contributed by atoms with van der Waals surface area (Å²) < 4.78 is 0. The lowest BCUT2D eigenvalue weighted by Gasteiger charge is -1.89. The first-order chi connectivity index (χ1) is 4.41. The average molecular weight is 144 g/mol. The highest BCUT2D eigenvalue weighted by Crippen LogP contribution is 2.02. The van der Waals surface area contributed by atoms with Crippen molar-refractivity contribution in [3.05, 3.63) is 11.5 Å². The van der Waals surface area contributed by atoms with Crippen LogP contribution in [0.3, 0.4) is 0 Å². The summed E-state index contributed by atoms with van der Waals surface area (Å²) in [5.41, 5.74) is 0. The fourth-order valence-corrected chi connectivity index (χ4v) is 1.00. The Labute approximate surface area is 62.7 Å². The van der Waals surface area contributed by atoms with Gasteiger partial charge in [0.25, 0.3) is 0 Å². The number of allylic oxidation sites excluding steroid dienone is 1. The van der Waals surface area contributed by atoms with Crippen molar-refractivity contribution in [2.45, 2.75) is 32.6 Å². The summed E-state index contributed by atoms with van der Waals surface area (Å²) in [4.78, 5) is 0. The van der Waals surface area contributed by atoms with E-state index in [1.165, 1.54) is 25.7 Å². The third-order valence-corrected chi connectivity index (χ3v) is 1.67. The van der Waals surface area contributed by atoms with E-state index < -0.39 is 0 Å². The van der Waals surface area contributed by atoms with Crippen LogP contribution in [0.1, 0.15) is 32.6 Å². The summed E-state index contributed by atoms with van der Waals surface area (Å²) >= 11 is 1.78. The van der Waals surface area contributed by atoms with E-state index in [4.69, 9.17) is 0 Å². The van der Waals surface area contributed by atoms with Gasteiger partial charge in [0.15, 0.2) is 0 Å². The van der Waals surface area contributed by atoms with Crippen LogP contribution in [0.25, 0.3) is 0 Å². The first-order valence-electron chi connectivity index (χ1n) is 3.59. The molecule has 0 unspecified atom stereocenters. The zero-order chi connectivity index (χ0) is 6.95. The summed E-state index contributed by atoms with van der Waals surface area (Å²) in [6.07, 6.45) is 9.66. The molecule has 0 atom stereocenters. The molecule has 1 heteroatoms. The molecule has 0 saturated heterocycles. The second kappa shape index (κ2) is 8.09. The van der Waals surface area contributed by atoms with Gasteiger partial charge in [-0.2, -0.15) is 0 Å². The first kappa shape index (κ1) is 9.09. The number of hydrogen-bond acceptors (Lipinski definition) is 1. The maximum atomic E-state index is 2.25. The molecule has 9 heavy (non-hydrogen) atoms. The molecule has 0 fully saturated rings. The third-order valence-electron chi connectivity index (χ3n) is 1.21. The average Bonchev–Trinajstić information content (AvgIpc) is 1.89. The molecule has 0 N–H and O–H groups in total. The van der Waals surface area contributed by atoms with Gasteiger partial charge in [-0.3, -0.25) is 0 Å². The van der Waals surface area contributed by atoms with Crippen LogP contribution in [0.5, 0.6) is 0 Å². The van der Waals surface area contributed by atoms with Gasteiger partial charge in [-0.15, -0.1) is 11.8 Å². The molecule has 0 spiro atoms. The fourth-order valence-electron chi connectivity index (χ4n) is 0.676. The van der Waals surface area contributed by atoms with Gasteiger partial charge in [0.05, 0.1) is 0 Å². The third kappa shape index (κ3) is 8.09. The van der Waals surface area contributed by atoms with Crippen molar-refractivity contribution in [1.82, 2.24) is 0 Å². The van der Waals surface area contributed by atoms with Crippen LogP contribution in [0, 0.1) is 0 Å². The predicted molar refractivity (Wildman–Crippen MR) is 46.8 cm³/mol. The molecular formula is C8H16S. The lowest BCUT2D eigenvalue weighted by atomic mass is 10.2. The highest BCUT2D eigenvalue weighted by Gasteiger charge is 1.79. The Morgan fingerprint density at radius 1 is 1.33 bits per heavy atom. The van der Waals surface area contributed by atoms with Crippen molar-refractivity contribution in [3.8, 4) is 0 Å². The quantitative estimate of drug-likeness (QED) is 0.533. The topological polar surface area (TPSA) is 0 Å². The van der Waals surface area contributed by atoms with Gasteiger partial charge in [0.1, 0.15) is 0 Å². The van der Waals surface area contributed by atoms with Gasteiger partial charge < -0.3 is 0 Å². The van der Waals surface area contributed by atoms with Crippen molar-refractivity contribution in [2.24, 2.45) is 0 Å². The standard InChI is InChI=1S/C8H16S/c1-3-4-5-6-7-8-9-2/h7-8H,3-6H2,1-2H3. The Balaban J connectivity index is 2.82. The van der Waals surface area contributed by atoms with E-state index in [9.17, 15) is 0 Å². The summed E-state index contributed by atoms with van der Waals surface area (Å²) in [6, 6.07) is 0. The minimum atomic E-state index is 1.26. The highest BCUT2D eigenvalue weighted by atomic mass is 32.2. The molecule has 0 aliphatic heterocycles. The first-order valence-corrected chi connectivity index (χ1v) is 4.88. The van der Waals surface area contributed by atoms with E-state index in [0.717, 1.165) is 0 Å². The number of unbranched alkanes of at least 4 members (excludes halogenated alkanes) is 3. The molecule has 0 aliphatic rings. The Kier molecular flexibility index (Phi) is 8.17. The summed E-state index contributed by atoms with van der Waals surface area (Å²) in [5, 5.41) is 2.16. The van der Waals surface area contributed by atoms with Crippen LogP contribution in [-0.4, -0.2) is 6.26 Å². The van der Waals surface area contributed by atoms with Crippen LogP contribution in [0.2, 0.25) is 0 Å². The molecule has 0 radical (unpaired) electrons. The van der Waals surface area contributed by atoms with Crippen molar-refractivity contribution >= 4 is 11.8 Å². The second-order valence-corrected chi connectivity index (χ2v) is 2.85. The van der Waals surface area contributed by atoms with E-state index in [0.29, 0.717) is 0 Å². The normalized spacial score (nSPS) is 10.9. The monoisotopic (exact) mass is 144 g/mol. The minimum Gasteiger partial charge on any atom is -0.138 e. The van der Waals surface area contributed by atoms with Gasteiger partial charge in [-0.1, -0.05) is 25.8 Å². The molecule has 0 saturated carbocycles. The Morgan fingerprint density at radius 2 is 2.11 bits per heavy atom. The van der Waals surface area contributed by atoms with E-state index in [-0.39, 0.29) is 0 Å². The largest absolute Gasteiger partial charge is 0.138 e. The molecule has 0 nitrogen and oxygen atoms in total. The zero-order valence-electron chi connectivity index (χ0n) is 6.39. The molecule has 0 aromatic rings. The van der Waals surface area contributed by atoms with E-state index in [1.807, 2.05) is 0 Å². The van der Waals surface area contributed by atoms with Crippen molar-refractivity contribution in [1.29, 1.82) is 0 Å². The summed E-state index contributed by atoms with van der Waals surface area (Å²) in [6.45, 7) is 2.23. The SMILES string of the molecule is CCCCCC=CSC. The van der Waals surface area contributed by atoms with Gasteiger partial charge in [0, 0.05) is 0 Å². The van der Waals surface area contributed by atoms with E-state index in [1.54, 1.807) is 11.8 Å². The maximum Gasteiger partial charge on any atom is -0.0142 e. The van der Waals surface area contributed by atoms with Gasteiger partial charge in [-0.25, -0.2) is 0 Å². The van der Waals surface area contributed by atoms with Crippen LogP contribution in [0.4, 0.5) is 0 Å². The molecule has 0 bridgehead atoms. The van der Waals surface area contributed by atoms with Crippen LogP contribution in [0.15, 0.2) is 11.5 Å². The fraction of sp³-hybridized carbons (Fsp3) is 0.750. The summed E-state index contributed by atoms with van der Waals surface area (Å²) in [5.74, 6) is 0. The van der Waals surface area contributed by atoms with Crippen LogP contribution in [-0.2, 0) is 0 Å². The molecule has 0 aliphatic carbocycles. The van der Waals surface area contributed by atoms with Crippen LogP contribution >= 0.6 is 11.8 Å². The van der Waals surface area contributed by atoms with Crippen LogP contribution < -0.4 is 0 Å². The molecule has 0 amide bonds. The van der Waals surface area contributed by atoms with E-state index in [2.05, 4.69) is 24.7 Å². The number of rotatable bonds is 5. The smallest absolute Gasteiger partial charge is 0.0142 e. The molecule has 0 aromatic heterocycles. The Morgan fingerprint density at radius 3 is 2.67 bits per heavy atom. The van der Waals surface area contributed by atoms with Gasteiger partial charge in [-0.05, 0) is 24.5 Å². The summed E-state index contributed by atoms with van der Waals surface area (Å²) in [7, 11) is 0. The lowest BCUT2D eigenvalue weighted by molar-refractivity contribution is 0.729. The lowest BCUT2D eigenvalue weighted by Crippen LogP contribution is -1.69. The van der Waals surface area contributed by atoms with Gasteiger partial charge >= 0.3 is 0 Å². The Hall–Kier alpha value is 0.0900. The number of hydrogen-bond donors (Lipinski definition) is 0. The minimum absolute atomic E-state index is 1.26. The number of thioether (sulfide) groups is 1. The van der Waals surface area contributed by atoms with Crippen molar-refractivity contribution in [2.75, 3.05) is 6.26 Å². The second-order valence-electron chi connectivity index (χ2n) is 2.10. The molecule has 54 valence electrons. The molecule has 0 rings (SSSR count). The molecule has 0 aromatic carbocycles. The zero-order valence-corrected chi connectivity index (χ0v) is 7.21.